The Labute approximate surface area is 187 Å². The van der Waals surface area contributed by atoms with Crippen LogP contribution in [0.15, 0.2) is 34.9 Å². The van der Waals surface area contributed by atoms with Gasteiger partial charge in [-0.05, 0) is 29.9 Å². The molecule has 1 aromatic carbocycles. The minimum Gasteiger partial charge on any atom is -0.458 e. The molecule has 2 aliphatic heterocycles. The highest BCUT2D eigenvalue weighted by Gasteiger charge is 2.47. The van der Waals surface area contributed by atoms with Gasteiger partial charge in [0.1, 0.15) is 18.3 Å². The Morgan fingerprint density at radius 2 is 1.97 bits per heavy atom. The predicted octanol–water partition coefficient (Wildman–Crippen LogP) is 2.58. The smallest absolute Gasteiger partial charge is 0.234 e. The molecule has 166 valence electrons. The molecule has 0 saturated carbocycles. The van der Waals surface area contributed by atoms with Crippen molar-refractivity contribution in [3.63, 3.8) is 0 Å². The zero-order valence-electron chi connectivity index (χ0n) is 16.6. The molecule has 4 rings (SSSR count). The molecule has 5 atom stereocenters. The van der Waals surface area contributed by atoms with Crippen LogP contribution in [0.2, 0.25) is 10.0 Å². The second kappa shape index (κ2) is 7.95. The van der Waals surface area contributed by atoms with E-state index in [1.165, 1.54) is 18.2 Å². The first-order valence-corrected chi connectivity index (χ1v) is 10.3. The lowest BCUT2D eigenvalue weighted by molar-refractivity contribution is -0.261. The first-order chi connectivity index (χ1) is 14.6. The van der Waals surface area contributed by atoms with Crippen LogP contribution in [0.1, 0.15) is 19.4 Å². The Kier molecular flexibility index (Phi) is 5.74. The van der Waals surface area contributed by atoms with Crippen molar-refractivity contribution in [2.75, 3.05) is 6.61 Å². The van der Waals surface area contributed by atoms with Gasteiger partial charge >= 0.3 is 0 Å². The molecule has 0 bridgehead atoms. The Morgan fingerprint density at radius 3 is 2.65 bits per heavy atom. The first-order valence-electron chi connectivity index (χ1n) is 9.55. The summed E-state index contributed by atoms with van der Waals surface area (Å²) in [5.74, 6) is -0.273. The van der Waals surface area contributed by atoms with E-state index in [9.17, 15) is 24.5 Å². The Hall–Kier alpha value is -1.81. The number of nitrogens with zero attached hydrogens (tertiary/aromatic N) is 1. The molecule has 3 aliphatic rings. The minimum absolute atomic E-state index is 0.0316. The number of aliphatic hydroxyl groups excluding tert-OH is 3. The van der Waals surface area contributed by atoms with Gasteiger partial charge in [-0.25, -0.2) is 9.38 Å². The number of fused-ring (bicyclic) bond motifs is 2. The standard InChI is InChI=1S/C21H20Cl2FNO6/c1-21(2)9-5-8(27)3-4-11(9)25-12-6-10(22)19(15(23)14(12)21)31-20-16(24)18(29)17(28)13(7-26)30-20/h3-6,13,16-18,20,26,28-29H,7H2,1-2H3/t13-,16-,17-,18-,20+/m1/s1. The van der Waals surface area contributed by atoms with E-state index >= 15 is 0 Å². The number of carbonyl (C=O) groups excluding carboxylic acids is 1. The van der Waals surface area contributed by atoms with E-state index in [1.54, 1.807) is 6.08 Å². The maximum atomic E-state index is 14.6. The van der Waals surface area contributed by atoms with E-state index < -0.39 is 42.8 Å². The highest BCUT2D eigenvalue weighted by atomic mass is 35.5. The fourth-order valence-electron chi connectivity index (χ4n) is 4.01. The van der Waals surface area contributed by atoms with E-state index in [1.807, 2.05) is 13.8 Å². The Bertz CT molecular complexity index is 1040. The zero-order valence-corrected chi connectivity index (χ0v) is 18.1. The van der Waals surface area contributed by atoms with Crippen LogP contribution in [0.4, 0.5) is 10.1 Å². The normalized spacial score (nSPS) is 31.5. The average Bonchev–Trinajstić information content (AvgIpc) is 2.71. The summed E-state index contributed by atoms with van der Waals surface area (Å²) in [7, 11) is 0. The number of ether oxygens (including phenoxy) is 2. The maximum Gasteiger partial charge on any atom is 0.234 e. The number of hydrogen-bond acceptors (Lipinski definition) is 7. The van der Waals surface area contributed by atoms with Crippen molar-refractivity contribution in [1.29, 1.82) is 0 Å². The molecule has 1 aliphatic carbocycles. The van der Waals surface area contributed by atoms with Crippen LogP contribution in [-0.4, -0.2) is 64.2 Å². The summed E-state index contributed by atoms with van der Waals surface area (Å²) in [4.78, 5) is 16.5. The monoisotopic (exact) mass is 471 g/mol. The number of aliphatic hydroxyl groups is 3. The molecule has 31 heavy (non-hydrogen) atoms. The molecule has 0 unspecified atom stereocenters. The van der Waals surface area contributed by atoms with Crippen LogP contribution in [0.25, 0.3) is 0 Å². The van der Waals surface area contributed by atoms with Crippen molar-refractivity contribution >= 4 is 40.4 Å². The third-order valence-corrected chi connectivity index (χ3v) is 6.34. The Balaban J connectivity index is 1.77. The fourth-order valence-corrected chi connectivity index (χ4v) is 4.78. The molecule has 2 heterocycles. The van der Waals surface area contributed by atoms with Gasteiger partial charge in [0.15, 0.2) is 17.7 Å². The van der Waals surface area contributed by atoms with E-state index in [4.69, 9.17) is 32.7 Å². The lowest BCUT2D eigenvalue weighted by Gasteiger charge is -2.39. The van der Waals surface area contributed by atoms with Crippen molar-refractivity contribution < 1.29 is 34.0 Å². The van der Waals surface area contributed by atoms with Gasteiger partial charge in [-0.3, -0.25) is 4.79 Å². The van der Waals surface area contributed by atoms with Crippen molar-refractivity contribution in [1.82, 2.24) is 0 Å². The number of alkyl halides is 1. The van der Waals surface area contributed by atoms with Crippen LogP contribution in [-0.2, 0) is 14.9 Å². The minimum atomic E-state index is -2.12. The third kappa shape index (κ3) is 3.61. The van der Waals surface area contributed by atoms with E-state index in [2.05, 4.69) is 4.99 Å². The molecule has 10 heteroatoms. The van der Waals surface area contributed by atoms with Gasteiger partial charge in [0.05, 0.1) is 28.1 Å². The lowest BCUT2D eigenvalue weighted by Crippen LogP contribution is -2.58. The van der Waals surface area contributed by atoms with Crippen LogP contribution >= 0.6 is 23.2 Å². The van der Waals surface area contributed by atoms with Crippen molar-refractivity contribution in [2.24, 2.45) is 4.99 Å². The zero-order chi connectivity index (χ0) is 22.7. The average molecular weight is 472 g/mol. The van der Waals surface area contributed by atoms with Gasteiger partial charge in [0.2, 0.25) is 6.29 Å². The molecule has 0 amide bonds. The molecular weight excluding hydrogens is 452 g/mol. The van der Waals surface area contributed by atoms with Gasteiger partial charge < -0.3 is 24.8 Å². The number of benzene rings is 1. The second-order valence-electron chi connectivity index (χ2n) is 8.08. The lowest BCUT2D eigenvalue weighted by atomic mass is 9.71. The highest BCUT2D eigenvalue weighted by molar-refractivity contribution is 6.39. The first kappa shape index (κ1) is 22.4. The van der Waals surface area contributed by atoms with Crippen LogP contribution < -0.4 is 4.74 Å². The number of halogens is 3. The van der Waals surface area contributed by atoms with Gasteiger partial charge in [0.25, 0.3) is 0 Å². The number of ketones is 1. The highest BCUT2D eigenvalue weighted by Crippen LogP contribution is 2.52. The van der Waals surface area contributed by atoms with Crippen molar-refractivity contribution in [2.45, 2.75) is 50.0 Å². The van der Waals surface area contributed by atoms with Crippen LogP contribution in [0.5, 0.6) is 5.75 Å². The molecule has 0 spiro atoms. The summed E-state index contributed by atoms with van der Waals surface area (Å²) < 4.78 is 25.5. The molecule has 1 aromatic rings. The number of rotatable bonds is 3. The number of aliphatic imine (C=N–C) groups is 1. The topological polar surface area (TPSA) is 109 Å². The molecule has 7 nitrogen and oxygen atoms in total. The molecule has 1 fully saturated rings. The Morgan fingerprint density at radius 1 is 1.26 bits per heavy atom. The largest absolute Gasteiger partial charge is 0.458 e. The summed E-state index contributed by atoms with van der Waals surface area (Å²) in [5, 5.41) is 29.2. The van der Waals surface area contributed by atoms with Crippen molar-refractivity contribution in [3.8, 4) is 5.75 Å². The molecule has 3 N–H and O–H groups in total. The molecule has 0 radical (unpaired) electrons. The number of carbonyl (C=O) groups is 1. The van der Waals surface area contributed by atoms with E-state index in [0.717, 1.165) is 0 Å². The van der Waals surface area contributed by atoms with Crippen molar-refractivity contribution in [3.05, 3.63) is 45.5 Å². The third-order valence-electron chi connectivity index (χ3n) is 5.70. The van der Waals surface area contributed by atoms with E-state index in [0.29, 0.717) is 22.5 Å². The second-order valence-corrected chi connectivity index (χ2v) is 8.87. The van der Waals surface area contributed by atoms with Gasteiger partial charge in [-0.2, -0.15) is 0 Å². The SMILES string of the molecule is CC1(C)C2=CC(=O)C=CC2=Nc2cc(Cl)c(O[C@@H]3O[C@H](CO)[C@@H](O)[C@H](O)[C@H]3F)c(Cl)c21. The maximum absolute atomic E-state index is 14.6. The molecule has 1 saturated heterocycles. The summed E-state index contributed by atoms with van der Waals surface area (Å²) in [6.07, 6.45) is -3.97. The number of hydrogen-bond donors (Lipinski definition) is 3. The van der Waals surface area contributed by atoms with Gasteiger partial charge in [0, 0.05) is 11.0 Å². The summed E-state index contributed by atoms with van der Waals surface area (Å²) in [6, 6.07) is 1.51. The quantitative estimate of drug-likeness (QED) is 0.584. The summed E-state index contributed by atoms with van der Waals surface area (Å²) in [5.41, 5.74) is 1.53. The molecular formula is C21H20Cl2FNO6. The summed E-state index contributed by atoms with van der Waals surface area (Å²) in [6.45, 7) is 3.06. The molecule has 0 aromatic heterocycles. The van der Waals surface area contributed by atoms with Crippen LogP contribution in [0, 0.1) is 0 Å². The van der Waals surface area contributed by atoms with Gasteiger partial charge in [-0.15, -0.1) is 0 Å². The number of allylic oxidation sites excluding steroid dienone is 4. The summed E-state index contributed by atoms with van der Waals surface area (Å²) >= 11 is 13.0. The van der Waals surface area contributed by atoms with E-state index in [-0.39, 0.29) is 21.6 Å². The van der Waals surface area contributed by atoms with Crippen LogP contribution in [0.3, 0.4) is 0 Å². The predicted molar refractivity (Wildman–Crippen MR) is 112 cm³/mol. The van der Waals surface area contributed by atoms with Gasteiger partial charge in [-0.1, -0.05) is 37.0 Å². The fraction of sp³-hybridized carbons (Fsp3) is 0.429.